The molecule has 2 aromatic rings. The first-order valence-corrected chi connectivity index (χ1v) is 17.3. The minimum absolute atomic E-state index is 0.0237. The minimum atomic E-state index is -1.07. The Kier molecular flexibility index (Phi) is 17.8. The molecule has 0 aromatic heterocycles. The maximum Gasteiger partial charge on any atom is 0.408 e. The van der Waals surface area contributed by atoms with Crippen LogP contribution in [0, 0.1) is 11.8 Å². The molecule has 6 amide bonds. The van der Waals surface area contributed by atoms with Crippen molar-refractivity contribution in [2.75, 3.05) is 0 Å². The van der Waals surface area contributed by atoms with Crippen LogP contribution >= 0.6 is 0 Å². The quantitative estimate of drug-likeness (QED) is 0.113. The standard InChI is InChI=1S/C37H54N6O8/c1-22(2)31(38)35(48)43-36(49)32(23(3)4)42-30(45)19-13-18-29(44)28(20-26-14-9-7-10-15-26)41-34(47)24(5)39-33(46)25(6)40-37(50)51-21-27-16-11-8-12-17-27/h7-12,14-17,22-25,28-29,31-32,44H,13,18-21,38H2,1-6H3,(H,39,46)(H,40,50)(H,41,47)(H,42,45)(H,43,48,49)/t24-,25-,28-,29-,31-,32-/m0/s1. The molecule has 8 N–H and O–H groups in total. The van der Waals surface area contributed by atoms with Crippen molar-refractivity contribution in [3.63, 3.8) is 0 Å². The number of aliphatic hydroxyl groups excluding tert-OH is 1. The van der Waals surface area contributed by atoms with Crippen molar-refractivity contribution in [1.29, 1.82) is 0 Å². The molecule has 0 saturated heterocycles. The van der Waals surface area contributed by atoms with E-state index in [1.54, 1.807) is 39.8 Å². The van der Waals surface area contributed by atoms with Gasteiger partial charge >= 0.3 is 6.09 Å². The molecule has 280 valence electrons. The molecule has 14 nitrogen and oxygen atoms in total. The van der Waals surface area contributed by atoms with Crippen molar-refractivity contribution in [2.45, 2.75) is 110 Å². The Bertz CT molecular complexity index is 1440. The Morgan fingerprint density at radius 2 is 1.24 bits per heavy atom. The fourth-order valence-electron chi connectivity index (χ4n) is 4.91. The van der Waals surface area contributed by atoms with E-state index in [2.05, 4.69) is 26.6 Å². The number of carbonyl (C=O) groups is 6. The molecule has 0 aliphatic heterocycles. The molecule has 14 heteroatoms. The number of nitrogens with two attached hydrogens (primary N) is 1. The molecule has 6 atom stereocenters. The zero-order valence-corrected chi connectivity index (χ0v) is 30.3. The van der Waals surface area contributed by atoms with E-state index in [9.17, 15) is 33.9 Å². The number of carbonyl (C=O) groups excluding carboxylic acids is 6. The zero-order chi connectivity index (χ0) is 38.1. The summed E-state index contributed by atoms with van der Waals surface area (Å²) >= 11 is 0. The Morgan fingerprint density at radius 3 is 1.80 bits per heavy atom. The van der Waals surface area contributed by atoms with E-state index >= 15 is 0 Å². The average molecular weight is 711 g/mol. The lowest BCUT2D eigenvalue weighted by atomic mass is 9.97. The second kappa shape index (κ2) is 21.4. The molecule has 0 radical (unpaired) electrons. The second-order valence-corrected chi connectivity index (χ2v) is 13.3. The van der Waals surface area contributed by atoms with Crippen molar-refractivity contribution in [1.82, 2.24) is 26.6 Å². The molecule has 0 spiro atoms. The topological polar surface area (TPSA) is 218 Å². The molecule has 0 unspecified atom stereocenters. The monoisotopic (exact) mass is 710 g/mol. The van der Waals surface area contributed by atoms with Crippen LogP contribution in [0.4, 0.5) is 4.79 Å². The van der Waals surface area contributed by atoms with Gasteiger partial charge in [0.05, 0.1) is 18.2 Å². The van der Waals surface area contributed by atoms with E-state index in [1.165, 1.54) is 13.8 Å². The predicted octanol–water partition coefficient (Wildman–Crippen LogP) is 1.83. The van der Waals surface area contributed by atoms with Crippen LogP contribution in [0.5, 0.6) is 0 Å². The third-order valence-corrected chi connectivity index (χ3v) is 8.22. The lowest BCUT2D eigenvalue weighted by Crippen LogP contribution is -2.55. The zero-order valence-electron chi connectivity index (χ0n) is 30.3. The molecule has 0 saturated carbocycles. The molecule has 0 aliphatic rings. The predicted molar refractivity (Wildman–Crippen MR) is 191 cm³/mol. The van der Waals surface area contributed by atoms with E-state index in [1.807, 2.05) is 48.5 Å². The minimum Gasteiger partial charge on any atom is -0.445 e. The number of benzene rings is 2. The summed E-state index contributed by atoms with van der Waals surface area (Å²) in [5, 5.41) is 23.9. The van der Waals surface area contributed by atoms with Gasteiger partial charge < -0.3 is 36.8 Å². The molecule has 0 heterocycles. The summed E-state index contributed by atoms with van der Waals surface area (Å²) < 4.78 is 5.16. The Labute approximate surface area is 300 Å². The van der Waals surface area contributed by atoms with Crippen LogP contribution in [0.15, 0.2) is 60.7 Å². The molecule has 51 heavy (non-hydrogen) atoms. The Hall–Kier alpha value is -4.82. The van der Waals surface area contributed by atoms with Crippen LogP contribution in [0.25, 0.3) is 0 Å². The lowest BCUT2D eigenvalue weighted by molar-refractivity contribution is -0.136. The van der Waals surface area contributed by atoms with Gasteiger partial charge in [0.15, 0.2) is 0 Å². The van der Waals surface area contributed by atoms with Gasteiger partial charge in [-0.3, -0.25) is 29.3 Å². The highest BCUT2D eigenvalue weighted by molar-refractivity contribution is 6.01. The SMILES string of the molecule is CC(C)[C@H](N)C(=O)NC(=O)[C@@H](NC(=O)CCC[C@H](O)[C@H](Cc1ccccc1)NC(=O)[C@H](C)NC(=O)[C@H](C)NC(=O)OCc1ccccc1)C(C)C. The van der Waals surface area contributed by atoms with Gasteiger partial charge in [-0.05, 0) is 56.1 Å². The van der Waals surface area contributed by atoms with Gasteiger partial charge in [0.2, 0.25) is 29.5 Å². The highest BCUT2D eigenvalue weighted by atomic mass is 16.5. The van der Waals surface area contributed by atoms with E-state index in [0.29, 0.717) is 0 Å². The maximum atomic E-state index is 13.2. The number of rotatable bonds is 19. The largest absolute Gasteiger partial charge is 0.445 e. The normalized spacial score (nSPS) is 14.6. The van der Waals surface area contributed by atoms with Gasteiger partial charge in [0, 0.05) is 6.42 Å². The maximum absolute atomic E-state index is 13.2. The Balaban J connectivity index is 1.94. The first kappa shape index (κ1) is 42.3. The van der Waals surface area contributed by atoms with Crippen molar-refractivity contribution >= 4 is 35.6 Å². The van der Waals surface area contributed by atoms with Gasteiger partial charge in [0.1, 0.15) is 24.7 Å². The fraction of sp³-hybridized carbons (Fsp3) is 0.514. The van der Waals surface area contributed by atoms with E-state index in [0.717, 1.165) is 11.1 Å². The molecule has 0 aliphatic carbocycles. The number of hydrogen-bond acceptors (Lipinski definition) is 9. The third kappa shape index (κ3) is 15.3. The van der Waals surface area contributed by atoms with Crippen LogP contribution in [-0.4, -0.2) is 77.0 Å². The number of alkyl carbamates (subject to hydrolysis) is 1. The highest BCUT2D eigenvalue weighted by Crippen LogP contribution is 2.13. The summed E-state index contributed by atoms with van der Waals surface area (Å²) in [6.07, 6.45) is -1.24. The van der Waals surface area contributed by atoms with Crippen LogP contribution < -0.4 is 32.3 Å². The molecular weight excluding hydrogens is 656 g/mol. The Morgan fingerprint density at radius 1 is 0.686 bits per heavy atom. The second-order valence-electron chi connectivity index (χ2n) is 13.3. The van der Waals surface area contributed by atoms with Gasteiger partial charge in [-0.2, -0.15) is 0 Å². The summed E-state index contributed by atoms with van der Waals surface area (Å²) in [5.74, 6) is -3.38. The van der Waals surface area contributed by atoms with Gasteiger partial charge in [-0.15, -0.1) is 0 Å². The summed E-state index contributed by atoms with van der Waals surface area (Å²) in [4.78, 5) is 76.0. The number of nitrogens with one attached hydrogen (secondary N) is 5. The summed E-state index contributed by atoms with van der Waals surface area (Å²) in [6.45, 7) is 9.96. The molecular formula is C37H54N6O8. The molecule has 2 rings (SSSR count). The summed E-state index contributed by atoms with van der Waals surface area (Å²) in [5.41, 5.74) is 7.47. The van der Waals surface area contributed by atoms with E-state index in [4.69, 9.17) is 10.5 Å². The lowest BCUT2D eigenvalue weighted by Gasteiger charge is -2.27. The van der Waals surface area contributed by atoms with Crippen LogP contribution in [0.1, 0.15) is 71.9 Å². The number of ether oxygens (including phenoxy) is 1. The van der Waals surface area contributed by atoms with E-state index < -0.39 is 71.9 Å². The van der Waals surface area contributed by atoms with Crippen LogP contribution in [0.2, 0.25) is 0 Å². The van der Waals surface area contributed by atoms with Crippen molar-refractivity contribution in [2.24, 2.45) is 17.6 Å². The van der Waals surface area contributed by atoms with Crippen LogP contribution in [0.3, 0.4) is 0 Å². The smallest absolute Gasteiger partial charge is 0.408 e. The number of amides is 6. The molecule has 2 aromatic carbocycles. The highest BCUT2D eigenvalue weighted by Gasteiger charge is 2.29. The van der Waals surface area contributed by atoms with Gasteiger partial charge in [-0.25, -0.2) is 4.79 Å². The van der Waals surface area contributed by atoms with Crippen molar-refractivity contribution < 1.29 is 38.6 Å². The van der Waals surface area contributed by atoms with Gasteiger partial charge in [0.25, 0.3) is 0 Å². The third-order valence-electron chi connectivity index (χ3n) is 8.22. The van der Waals surface area contributed by atoms with Crippen molar-refractivity contribution in [3.05, 3.63) is 71.8 Å². The molecule has 0 fully saturated rings. The summed E-state index contributed by atoms with van der Waals surface area (Å²) in [6, 6.07) is 13.6. The summed E-state index contributed by atoms with van der Waals surface area (Å²) in [7, 11) is 0. The molecule has 0 bridgehead atoms. The van der Waals surface area contributed by atoms with Crippen molar-refractivity contribution in [3.8, 4) is 0 Å². The number of hydrogen-bond donors (Lipinski definition) is 7. The first-order chi connectivity index (χ1) is 24.1. The fourth-order valence-corrected chi connectivity index (χ4v) is 4.91. The number of aliphatic hydroxyl groups is 1. The van der Waals surface area contributed by atoms with E-state index in [-0.39, 0.29) is 44.1 Å². The number of imide groups is 1. The average Bonchev–Trinajstić information content (AvgIpc) is 3.09. The van der Waals surface area contributed by atoms with Crippen LogP contribution in [-0.2, 0) is 41.7 Å². The van der Waals surface area contributed by atoms with Gasteiger partial charge in [-0.1, -0.05) is 88.4 Å². The first-order valence-electron chi connectivity index (χ1n) is 17.3.